The van der Waals surface area contributed by atoms with Gasteiger partial charge in [0.1, 0.15) is 11.6 Å². The highest BCUT2D eigenvalue weighted by Gasteiger charge is 2.07. The lowest BCUT2D eigenvalue weighted by Crippen LogP contribution is -2.18. The summed E-state index contributed by atoms with van der Waals surface area (Å²) in [6.45, 7) is 2.60. The second kappa shape index (κ2) is 6.07. The van der Waals surface area contributed by atoms with Crippen molar-refractivity contribution in [2.75, 3.05) is 19.1 Å². The number of aromatic nitrogens is 1. The maximum atomic E-state index is 9.01. The number of ether oxygens (including phenoxy) is 1. The van der Waals surface area contributed by atoms with E-state index in [0.717, 1.165) is 22.8 Å². The first-order valence-corrected chi connectivity index (χ1v) is 6.35. The third kappa shape index (κ3) is 3.27. The van der Waals surface area contributed by atoms with Gasteiger partial charge in [0.2, 0.25) is 0 Å². The van der Waals surface area contributed by atoms with Crippen molar-refractivity contribution in [3.8, 4) is 11.8 Å². The first-order valence-electron chi connectivity index (χ1n) is 6.35. The Morgan fingerprint density at radius 2 is 2.10 bits per heavy atom. The topological polar surface area (TPSA) is 49.1 Å². The summed E-state index contributed by atoms with van der Waals surface area (Å²) in [6.07, 6.45) is 0. The van der Waals surface area contributed by atoms with E-state index in [4.69, 9.17) is 10.00 Å². The SMILES string of the molecule is COc1cccc(CN(C)c2cc(C#N)cc(C)n2)c1. The van der Waals surface area contributed by atoms with Crippen LogP contribution in [-0.2, 0) is 6.54 Å². The summed E-state index contributed by atoms with van der Waals surface area (Å²) in [5.74, 6) is 1.63. The van der Waals surface area contributed by atoms with Crippen molar-refractivity contribution in [3.63, 3.8) is 0 Å². The zero-order valence-electron chi connectivity index (χ0n) is 11.9. The maximum Gasteiger partial charge on any atom is 0.130 e. The summed E-state index contributed by atoms with van der Waals surface area (Å²) in [6, 6.07) is 13.7. The van der Waals surface area contributed by atoms with Gasteiger partial charge >= 0.3 is 0 Å². The molecule has 0 saturated heterocycles. The molecule has 4 heteroatoms. The molecule has 0 radical (unpaired) electrons. The summed E-state index contributed by atoms with van der Waals surface area (Å²) in [5, 5.41) is 9.01. The molecule has 2 rings (SSSR count). The molecule has 0 saturated carbocycles. The molecule has 0 N–H and O–H groups in total. The first-order chi connectivity index (χ1) is 9.62. The van der Waals surface area contributed by atoms with E-state index < -0.39 is 0 Å². The van der Waals surface area contributed by atoms with E-state index in [1.807, 2.05) is 43.1 Å². The Kier molecular flexibility index (Phi) is 4.21. The zero-order chi connectivity index (χ0) is 14.5. The van der Waals surface area contributed by atoms with E-state index in [-0.39, 0.29) is 0 Å². The number of pyridine rings is 1. The fourth-order valence-electron chi connectivity index (χ4n) is 2.04. The van der Waals surface area contributed by atoms with Crippen molar-refractivity contribution >= 4 is 5.82 Å². The summed E-state index contributed by atoms with van der Waals surface area (Å²) in [4.78, 5) is 6.48. The molecule has 4 nitrogen and oxygen atoms in total. The minimum absolute atomic E-state index is 0.630. The highest BCUT2D eigenvalue weighted by atomic mass is 16.5. The average Bonchev–Trinajstić information content (AvgIpc) is 2.46. The van der Waals surface area contributed by atoms with E-state index in [0.29, 0.717) is 12.1 Å². The Morgan fingerprint density at radius 1 is 1.30 bits per heavy atom. The Hall–Kier alpha value is -2.54. The minimum atomic E-state index is 0.630. The van der Waals surface area contributed by atoms with Crippen LogP contribution in [0.3, 0.4) is 0 Å². The Labute approximate surface area is 119 Å². The number of benzene rings is 1. The van der Waals surface area contributed by atoms with Crippen LogP contribution in [0.25, 0.3) is 0 Å². The van der Waals surface area contributed by atoms with Gasteiger partial charge in [0.15, 0.2) is 0 Å². The summed E-state index contributed by atoms with van der Waals surface area (Å²) < 4.78 is 5.22. The van der Waals surface area contributed by atoms with E-state index in [1.54, 1.807) is 19.2 Å². The van der Waals surface area contributed by atoms with Crippen LogP contribution in [0.5, 0.6) is 5.75 Å². The average molecular weight is 267 g/mol. The van der Waals surface area contributed by atoms with Crippen molar-refractivity contribution in [1.82, 2.24) is 4.98 Å². The van der Waals surface area contributed by atoms with Gasteiger partial charge in [-0.15, -0.1) is 0 Å². The van der Waals surface area contributed by atoms with Crippen LogP contribution < -0.4 is 9.64 Å². The van der Waals surface area contributed by atoms with Gasteiger partial charge in [-0.1, -0.05) is 12.1 Å². The van der Waals surface area contributed by atoms with Gasteiger partial charge in [-0.3, -0.25) is 0 Å². The Morgan fingerprint density at radius 3 is 2.80 bits per heavy atom. The van der Waals surface area contributed by atoms with E-state index in [9.17, 15) is 0 Å². The Balaban J connectivity index is 2.21. The molecule has 0 aliphatic carbocycles. The molecule has 0 bridgehead atoms. The molecule has 0 fully saturated rings. The molecule has 1 heterocycles. The van der Waals surface area contributed by atoms with Crippen LogP contribution in [0.1, 0.15) is 16.8 Å². The van der Waals surface area contributed by atoms with Gasteiger partial charge < -0.3 is 9.64 Å². The van der Waals surface area contributed by atoms with Gasteiger partial charge in [0, 0.05) is 19.3 Å². The lowest BCUT2D eigenvalue weighted by molar-refractivity contribution is 0.414. The number of hydrogen-bond acceptors (Lipinski definition) is 4. The normalized spacial score (nSPS) is 9.90. The van der Waals surface area contributed by atoms with Crippen LogP contribution in [0.4, 0.5) is 5.82 Å². The van der Waals surface area contributed by atoms with Crippen LogP contribution in [-0.4, -0.2) is 19.1 Å². The number of nitriles is 1. The molecule has 2 aromatic rings. The Bertz CT molecular complexity index is 646. The van der Waals surface area contributed by atoms with Crippen LogP contribution in [0.2, 0.25) is 0 Å². The second-order valence-electron chi connectivity index (χ2n) is 4.67. The van der Waals surface area contributed by atoms with Crippen molar-refractivity contribution in [2.45, 2.75) is 13.5 Å². The molecule has 0 amide bonds. The molecular weight excluding hydrogens is 250 g/mol. The van der Waals surface area contributed by atoms with Gasteiger partial charge in [-0.05, 0) is 36.8 Å². The summed E-state index contributed by atoms with van der Waals surface area (Å²) in [5.41, 5.74) is 2.61. The summed E-state index contributed by atoms with van der Waals surface area (Å²) >= 11 is 0. The minimum Gasteiger partial charge on any atom is -0.497 e. The molecular formula is C16H17N3O. The third-order valence-corrected chi connectivity index (χ3v) is 3.01. The molecule has 0 atom stereocenters. The van der Waals surface area contributed by atoms with Crippen molar-refractivity contribution in [2.24, 2.45) is 0 Å². The lowest BCUT2D eigenvalue weighted by atomic mass is 10.2. The second-order valence-corrected chi connectivity index (χ2v) is 4.67. The maximum absolute atomic E-state index is 9.01. The van der Waals surface area contributed by atoms with Gasteiger partial charge in [-0.25, -0.2) is 4.98 Å². The van der Waals surface area contributed by atoms with Crippen LogP contribution in [0.15, 0.2) is 36.4 Å². The number of rotatable bonds is 4. The number of aryl methyl sites for hydroxylation is 1. The molecule has 0 aliphatic rings. The highest BCUT2D eigenvalue weighted by molar-refractivity contribution is 5.46. The zero-order valence-corrected chi connectivity index (χ0v) is 11.9. The van der Waals surface area contributed by atoms with Crippen LogP contribution >= 0.6 is 0 Å². The molecule has 20 heavy (non-hydrogen) atoms. The molecule has 1 aromatic heterocycles. The smallest absolute Gasteiger partial charge is 0.130 e. The lowest BCUT2D eigenvalue weighted by Gasteiger charge is -2.19. The van der Waals surface area contributed by atoms with Crippen molar-refractivity contribution in [3.05, 3.63) is 53.2 Å². The van der Waals surface area contributed by atoms with E-state index in [1.165, 1.54) is 0 Å². The van der Waals surface area contributed by atoms with E-state index >= 15 is 0 Å². The number of anilines is 1. The van der Waals surface area contributed by atoms with Gasteiger partial charge in [0.25, 0.3) is 0 Å². The molecule has 0 unspecified atom stereocenters. The number of methoxy groups -OCH3 is 1. The summed E-state index contributed by atoms with van der Waals surface area (Å²) in [7, 11) is 3.62. The number of nitrogens with zero attached hydrogens (tertiary/aromatic N) is 3. The fraction of sp³-hybridized carbons (Fsp3) is 0.250. The number of hydrogen-bond donors (Lipinski definition) is 0. The van der Waals surface area contributed by atoms with Crippen molar-refractivity contribution in [1.29, 1.82) is 5.26 Å². The van der Waals surface area contributed by atoms with Gasteiger partial charge in [-0.2, -0.15) is 5.26 Å². The predicted molar refractivity (Wildman–Crippen MR) is 78.8 cm³/mol. The predicted octanol–water partition coefficient (Wildman–Crippen LogP) is 2.91. The largest absolute Gasteiger partial charge is 0.497 e. The van der Waals surface area contributed by atoms with Gasteiger partial charge in [0.05, 0.1) is 18.7 Å². The molecule has 1 aromatic carbocycles. The third-order valence-electron chi connectivity index (χ3n) is 3.01. The molecule has 0 spiro atoms. The molecule has 0 aliphatic heterocycles. The van der Waals surface area contributed by atoms with E-state index in [2.05, 4.69) is 11.1 Å². The quantitative estimate of drug-likeness (QED) is 0.854. The van der Waals surface area contributed by atoms with Crippen molar-refractivity contribution < 1.29 is 4.74 Å². The first kappa shape index (κ1) is 13.9. The standard InChI is InChI=1S/C16H17N3O/c1-12-7-14(10-17)9-16(18-12)19(2)11-13-5-4-6-15(8-13)20-3/h4-9H,11H2,1-3H3. The highest BCUT2D eigenvalue weighted by Crippen LogP contribution is 2.18. The van der Waals surface area contributed by atoms with Crippen LogP contribution in [0, 0.1) is 18.3 Å². The molecule has 102 valence electrons. The monoisotopic (exact) mass is 267 g/mol. The fourth-order valence-corrected chi connectivity index (χ4v) is 2.04.